The van der Waals surface area contributed by atoms with Crippen LogP contribution in [0, 0.1) is 6.92 Å². The van der Waals surface area contributed by atoms with Crippen molar-refractivity contribution in [1.29, 1.82) is 0 Å². The number of hydrogen-bond acceptors (Lipinski definition) is 6. The minimum Gasteiger partial charge on any atom is -0.426 e. The Balaban J connectivity index is 1.97. The van der Waals surface area contributed by atoms with Crippen LogP contribution in [-0.4, -0.2) is 14.4 Å². The number of carbonyl (C=O) groups excluding carboxylic acids is 1. The zero-order chi connectivity index (χ0) is 22.7. The molecule has 0 aliphatic heterocycles. The summed E-state index contributed by atoms with van der Waals surface area (Å²) < 4.78 is 41.4. The Morgan fingerprint density at radius 2 is 1.53 bits per heavy atom. The first-order valence-corrected chi connectivity index (χ1v) is 11.9. The predicted octanol–water partition coefficient (Wildman–Crippen LogP) is 5.11. The van der Waals surface area contributed by atoms with E-state index in [1.54, 1.807) is 36.4 Å². The van der Waals surface area contributed by atoms with Crippen molar-refractivity contribution in [3.05, 3.63) is 90.0 Å². The van der Waals surface area contributed by atoms with E-state index in [9.17, 15) is 13.2 Å². The highest BCUT2D eigenvalue weighted by atomic mass is 32.2. The van der Waals surface area contributed by atoms with Gasteiger partial charge in [-0.25, -0.2) is 0 Å². The van der Waals surface area contributed by atoms with Gasteiger partial charge in [0.25, 0.3) is 10.0 Å². The van der Waals surface area contributed by atoms with E-state index in [1.807, 2.05) is 37.3 Å². The number of benzene rings is 3. The third-order valence-electron chi connectivity index (χ3n) is 4.50. The lowest BCUT2D eigenvalue weighted by Crippen LogP contribution is -2.12. The number of ether oxygens (including phenoxy) is 1. The van der Waals surface area contributed by atoms with Crippen LogP contribution in [-0.2, 0) is 14.8 Å². The minimum absolute atomic E-state index is 0.0590. The molecule has 1 aromatic heterocycles. The van der Waals surface area contributed by atoms with Gasteiger partial charge in [-0.05, 0) is 49.0 Å². The minimum atomic E-state index is -4.03. The van der Waals surface area contributed by atoms with E-state index in [0.717, 1.165) is 10.5 Å². The van der Waals surface area contributed by atoms with Crippen molar-refractivity contribution < 1.29 is 22.4 Å². The van der Waals surface area contributed by atoms with Crippen LogP contribution in [0.5, 0.6) is 5.75 Å². The molecular formula is C24H19NO5S2. The molecule has 32 heavy (non-hydrogen) atoms. The summed E-state index contributed by atoms with van der Waals surface area (Å²) in [5, 5.41) is 1.16. The Hall–Kier alpha value is -3.36. The molecule has 0 fully saturated rings. The molecule has 0 aliphatic rings. The standard InChI is InChI=1S/C24H19NO5S2/c1-16-12-14-19(15-13-16)32(27,28)25-23-21-11-7-6-10-20(21)22(29-17(2)26)24(30-23)31-18-8-4-3-5-9-18/h3-15H,1-2H3/b25-23+. The molecule has 0 saturated carbocycles. The highest BCUT2D eigenvalue weighted by Crippen LogP contribution is 2.38. The summed E-state index contributed by atoms with van der Waals surface area (Å²) in [6, 6.07) is 22.7. The van der Waals surface area contributed by atoms with Crippen LogP contribution >= 0.6 is 11.8 Å². The Morgan fingerprint density at radius 3 is 2.19 bits per heavy atom. The maximum Gasteiger partial charge on any atom is 0.308 e. The largest absolute Gasteiger partial charge is 0.426 e. The highest BCUT2D eigenvalue weighted by Gasteiger charge is 2.20. The number of sulfonamides is 1. The van der Waals surface area contributed by atoms with Crippen molar-refractivity contribution in [2.75, 3.05) is 0 Å². The molecule has 162 valence electrons. The van der Waals surface area contributed by atoms with Gasteiger partial charge in [0.05, 0.1) is 4.90 Å². The highest BCUT2D eigenvalue weighted by molar-refractivity contribution is 7.99. The zero-order valence-electron chi connectivity index (χ0n) is 17.3. The van der Waals surface area contributed by atoms with Gasteiger partial charge < -0.3 is 9.15 Å². The predicted molar refractivity (Wildman–Crippen MR) is 122 cm³/mol. The molecule has 0 saturated heterocycles. The van der Waals surface area contributed by atoms with Gasteiger partial charge in [-0.3, -0.25) is 4.79 Å². The van der Waals surface area contributed by atoms with E-state index in [2.05, 4.69) is 4.40 Å². The Bertz CT molecular complexity index is 1460. The first-order chi connectivity index (χ1) is 15.3. The van der Waals surface area contributed by atoms with Gasteiger partial charge in [0, 0.05) is 22.6 Å². The fraction of sp³-hybridized carbons (Fsp3) is 0.0833. The lowest BCUT2D eigenvalue weighted by Gasteiger charge is -2.11. The molecule has 0 radical (unpaired) electrons. The normalized spacial score (nSPS) is 12.1. The fourth-order valence-electron chi connectivity index (χ4n) is 3.01. The Labute approximate surface area is 189 Å². The van der Waals surface area contributed by atoms with E-state index >= 15 is 0 Å². The molecule has 4 aromatic rings. The van der Waals surface area contributed by atoms with Crippen molar-refractivity contribution in [3.8, 4) is 5.75 Å². The summed E-state index contributed by atoms with van der Waals surface area (Å²) in [6.07, 6.45) is 0. The lowest BCUT2D eigenvalue weighted by molar-refractivity contribution is -0.132. The molecule has 0 unspecified atom stereocenters. The van der Waals surface area contributed by atoms with Gasteiger partial charge in [-0.1, -0.05) is 54.1 Å². The van der Waals surface area contributed by atoms with Gasteiger partial charge >= 0.3 is 5.97 Å². The monoisotopic (exact) mass is 465 g/mol. The lowest BCUT2D eigenvalue weighted by atomic mass is 10.2. The smallest absolute Gasteiger partial charge is 0.308 e. The van der Waals surface area contributed by atoms with E-state index in [1.165, 1.54) is 30.8 Å². The van der Waals surface area contributed by atoms with Gasteiger partial charge in [0.1, 0.15) is 0 Å². The van der Waals surface area contributed by atoms with Crippen LogP contribution in [0.2, 0.25) is 0 Å². The molecule has 0 spiro atoms. The molecule has 0 aliphatic carbocycles. The third kappa shape index (κ3) is 4.76. The molecular weight excluding hydrogens is 446 g/mol. The molecule has 1 heterocycles. The quantitative estimate of drug-likeness (QED) is 0.381. The fourth-order valence-corrected chi connectivity index (χ4v) is 4.82. The first-order valence-electron chi connectivity index (χ1n) is 9.68. The second-order valence-electron chi connectivity index (χ2n) is 6.96. The topological polar surface area (TPSA) is 85.9 Å². The maximum absolute atomic E-state index is 13.0. The molecule has 0 bridgehead atoms. The second kappa shape index (κ2) is 9.02. The van der Waals surface area contributed by atoms with Gasteiger partial charge in [-0.15, -0.1) is 4.40 Å². The number of esters is 1. The SMILES string of the molecule is CC(=O)Oc1c(Sc2ccccc2)o/c(=N/S(=O)(=O)c2ccc(C)cc2)c2ccccc12. The molecule has 0 atom stereocenters. The number of aryl methyl sites for hydroxylation is 1. The van der Waals surface area contributed by atoms with Crippen LogP contribution < -0.4 is 10.3 Å². The van der Waals surface area contributed by atoms with E-state index < -0.39 is 16.0 Å². The summed E-state index contributed by atoms with van der Waals surface area (Å²) in [6.45, 7) is 3.17. The molecule has 0 N–H and O–H groups in total. The van der Waals surface area contributed by atoms with Gasteiger partial charge in [0.2, 0.25) is 10.6 Å². The van der Waals surface area contributed by atoms with Crippen molar-refractivity contribution in [2.24, 2.45) is 4.40 Å². The van der Waals surface area contributed by atoms with Gasteiger partial charge in [-0.2, -0.15) is 8.42 Å². The van der Waals surface area contributed by atoms with Crippen molar-refractivity contribution in [3.63, 3.8) is 0 Å². The summed E-state index contributed by atoms with van der Waals surface area (Å²) in [5.74, 6) is -0.300. The van der Waals surface area contributed by atoms with Crippen LogP contribution in [0.15, 0.2) is 103 Å². The van der Waals surface area contributed by atoms with Crippen LogP contribution in [0.4, 0.5) is 0 Å². The Kier molecular flexibility index (Phi) is 6.16. The average molecular weight is 466 g/mol. The number of hydrogen-bond donors (Lipinski definition) is 0. The number of nitrogens with zero attached hydrogens (tertiary/aromatic N) is 1. The van der Waals surface area contributed by atoms with Crippen molar-refractivity contribution in [2.45, 2.75) is 28.7 Å². The van der Waals surface area contributed by atoms with Gasteiger partial charge in [0.15, 0.2) is 5.75 Å². The summed E-state index contributed by atoms with van der Waals surface area (Å²) in [7, 11) is -4.03. The average Bonchev–Trinajstić information content (AvgIpc) is 2.77. The number of rotatable bonds is 5. The molecule has 0 amide bonds. The first kappa shape index (κ1) is 21.9. The van der Waals surface area contributed by atoms with E-state index in [4.69, 9.17) is 9.15 Å². The summed E-state index contributed by atoms with van der Waals surface area (Å²) in [4.78, 5) is 12.7. The molecule has 3 aromatic carbocycles. The maximum atomic E-state index is 13.0. The molecule has 6 nitrogen and oxygen atoms in total. The van der Waals surface area contributed by atoms with Crippen molar-refractivity contribution in [1.82, 2.24) is 0 Å². The van der Waals surface area contributed by atoms with Crippen LogP contribution in [0.3, 0.4) is 0 Å². The Morgan fingerprint density at radius 1 is 0.906 bits per heavy atom. The zero-order valence-corrected chi connectivity index (χ0v) is 18.9. The molecule has 4 rings (SSSR count). The summed E-state index contributed by atoms with van der Waals surface area (Å²) in [5.41, 5.74) is 0.849. The number of fused-ring (bicyclic) bond motifs is 1. The molecule has 8 heteroatoms. The third-order valence-corrected chi connectivity index (χ3v) is 6.73. The summed E-state index contributed by atoms with van der Waals surface area (Å²) >= 11 is 1.21. The van der Waals surface area contributed by atoms with E-state index in [-0.39, 0.29) is 21.3 Å². The van der Waals surface area contributed by atoms with Crippen molar-refractivity contribution >= 4 is 38.5 Å². The van der Waals surface area contributed by atoms with Crippen LogP contribution in [0.25, 0.3) is 10.8 Å². The number of carbonyl (C=O) groups is 1. The van der Waals surface area contributed by atoms with Crippen LogP contribution in [0.1, 0.15) is 12.5 Å². The second-order valence-corrected chi connectivity index (χ2v) is 9.61. The van der Waals surface area contributed by atoms with E-state index in [0.29, 0.717) is 10.8 Å².